The Morgan fingerprint density at radius 1 is 1.43 bits per heavy atom. The Bertz CT molecular complexity index is 664. The van der Waals surface area contributed by atoms with Crippen molar-refractivity contribution in [3.63, 3.8) is 0 Å². The predicted molar refractivity (Wildman–Crippen MR) is 78.8 cm³/mol. The molecular weight excluding hydrogens is 264 g/mol. The standard InChI is InChI=1S/C15H18N6/c1-10(2)15-19-14-6-4-12(9-21(14)20-15)18-13-5-3-11(7-16)8-17-13/h3,5,8,10,12H,4,6,9H2,1-2H3,(H,17,18)/t12-/m0/s1. The Morgan fingerprint density at radius 3 is 2.95 bits per heavy atom. The highest BCUT2D eigenvalue weighted by Gasteiger charge is 2.22. The molecule has 6 nitrogen and oxygen atoms in total. The molecule has 0 aliphatic carbocycles. The van der Waals surface area contributed by atoms with Gasteiger partial charge in [0.2, 0.25) is 0 Å². The molecule has 0 radical (unpaired) electrons. The molecule has 2 aromatic heterocycles. The monoisotopic (exact) mass is 282 g/mol. The van der Waals surface area contributed by atoms with E-state index in [2.05, 4.69) is 40.3 Å². The van der Waals surface area contributed by atoms with E-state index in [4.69, 9.17) is 5.26 Å². The molecule has 0 unspecified atom stereocenters. The summed E-state index contributed by atoms with van der Waals surface area (Å²) in [7, 11) is 0. The molecule has 108 valence electrons. The first-order valence-electron chi connectivity index (χ1n) is 7.22. The summed E-state index contributed by atoms with van der Waals surface area (Å²) in [6.45, 7) is 5.02. The molecule has 0 amide bonds. The summed E-state index contributed by atoms with van der Waals surface area (Å²) in [5, 5.41) is 16.8. The number of pyridine rings is 1. The van der Waals surface area contributed by atoms with Crippen LogP contribution in [0.5, 0.6) is 0 Å². The molecule has 1 N–H and O–H groups in total. The van der Waals surface area contributed by atoms with Crippen molar-refractivity contribution in [2.24, 2.45) is 0 Å². The molecule has 0 saturated heterocycles. The lowest BCUT2D eigenvalue weighted by atomic mass is 10.1. The van der Waals surface area contributed by atoms with Crippen LogP contribution in [0.15, 0.2) is 18.3 Å². The molecule has 3 rings (SSSR count). The topological polar surface area (TPSA) is 79.4 Å². The van der Waals surface area contributed by atoms with Gasteiger partial charge in [-0.1, -0.05) is 13.8 Å². The van der Waals surface area contributed by atoms with Crippen molar-refractivity contribution < 1.29 is 0 Å². The molecule has 21 heavy (non-hydrogen) atoms. The van der Waals surface area contributed by atoms with Crippen LogP contribution in [0.3, 0.4) is 0 Å². The van der Waals surface area contributed by atoms with Crippen molar-refractivity contribution in [2.75, 3.05) is 5.32 Å². The van der Waals surface area contributed by atoms with Gasteiger partial charge in [0.25, 0.3) is 0 Å². The van der Waals surface area contributed by atoms with Crippen LogP contribution in [0.25, 0.3) is 0 Å². The zero-order valence-electron chi connectivity index (χ0n) is 12.2. The number of aromatic nitrogens is 4. The quantitative estimate of drug-likeness (QED) is 0.932. The van der Waals surface area contributed by atoms with Gasteiger partial charge in [0.05, 0.1) is 12.1 Å². The largest absolute Gasteiger partial charge is 0.365 e. The van der Waals surface area contributed by atoms with Crippen molar-refractivity contribution in [3.05, 3.63) is 35.5 Å². The Morgan fingerprint density at radius 2 is 2.29 bits per heavy atom. The number of nitrogens with one attached hydrogen (secondary N) is 1. The second kappa shape index (κ2) is 5.52. The fraction of sp³-hybridized carbons (Fsp3) is 0.467. The molecule has 0 saturated carbocycles. The number of nitriles is 1. The van der Waals surface area contributed by atoms with Crippen LogP contribution in [0.2, 0.25) is 0 Å². The van der Waals surface area contributed by atoms with Crippen molar-refractivity contribution in [1.29, 1.82) is 5.26 Å². The van der Waals surface area contributed by atoms with E-state index in [0.717, 1.165) is 36.9 Å². The highest BCUT2D eigenvalue weighted by Crippen LogP contribution is 2.19. The minimum atomic E-state index is 0.291. The van der Waals surface area contributed by atoms with Crippen LogP contribution >= 0.6 is 0 Å². The smallest absolute Gasteiger partial charge is 0.153 e. The van der Waals surface area contributed by atoms with Gasteiger partial charge in [0.1, 0.15) is 17.7 Å². The molecule has 0 fully saturated rings. The number of rotatable bonds is 3. The minimum Gasteiger partial charge on any atom is -0.365 e. The summed E-state index contributed by atoms with van der Waals surface area (Å²) >= 11 is 0. The van der Waals surface area contributed by atoms with E-state index in [1.54, 1.807) is 12.3 Å². The normalized spacial score (nSPS) is 17.3. The van der Waals surface area contributed by atoms with Gasteiger partial charge in [-0.2, -0.15) is 10.4 Å². The third-order valence-corrected chi connectivity index (χ3v) is 3.64. The van der Waals surface area contributed by atoms with E-state index >= 15 is 0 Å². The van der Waals surface area contributed by atoms with E-state index in [-0.39, 0.29) is 0 Å². The molecule has 3 heterocycles. The van der Waals surface area contributed by atoms with Gasteiger partial charge in [-0.05, 0) is 18.6 Å². The molecule has 0 bridgehead atoms. The van der Waals surface area contributed by atoms with Gasteiger partial charge >= 0.3 is 0 Å². The summed E-state index contributed by atoms with van der Waals surface area (Å²) in [5.74, 6) is 3.15. The third-order valence-electron chi connectivity index (χ3n) is 3.64. The van der Waals surface area contributed by atoms with Gasteiger partial charge in [-0.25, -0.2) is 14.6 Å². The molecule has 0 aromatic carbocycles. The van der Waals surface area contributed by atoms with Crippen molar-refractivity contribution >= 4 is 5.82 Å². The maximum atomic E-state index is 8.78. The van der Waals surface area contributed by atoms with Crippen LogP contribution in [-0.2, 0) is 13.0 Å². The predicted octanol–water partition coefficient (Wildman–Crippen LogP) is 2.10. The Kier molecular flexibility index (Phi) is 3.57. The lowest BCUT2D eigenvalue weighted by Crippen LogP contribution is -2.32. The molecule has 1 atom stereocenters. The van der Waals surface area contributed by atoms with E-state index < -0.39 is 0 Å². The zero-order chi connectivity index (χ0) is 14.8. The number of hydrogen-bond donors (Lipinski definition) is 1. The Hall–Kier alpha value is -2.42. The molecule has 1 aliphatic rings. The maximum Gasteiger partial charge on any atom is 0.153 e. The fourth-order valence-electron chi connectivity index (χ4n) is 2.45. The summed E-state index contributed by atoms with van der Waals surface area (Å²) in [6, 6.07) is 5.98. The molecule has 6 heteroatoms. The van der Waals surface area contributed by atoms with Gasteiger partial charge < -0.3 is 5.32 Å². The highest BCUT2D eigenvalue weighted by molar-refractivity contribution is 5.39. The molecule has 2 aromatic rings. The number of aryl methyl sites for hydroxylation is 1. The molecule has 0 spiro atoms. The number of anilines is 1. The maximum absolute atomic E-state index is 8.78. The van der Waals surface area contributed by atoms with Crippen molar-refractivity contribution in [3.8, 4) is 6.07 Å². The average molecular weight is 282 g/mol. The van der Waals surface area contributed by atoms with Gasteiger partial charge in [0.15, 0.2) is 5.82 Å². The second-order valence-electron chi connectivity index (χ2n) is 5.65. The third kappa shape index (κ3) is 2.87. The van der Waals surface area contributed by atoms with Crippen LogP contribution < -0.4 is 5.32 Å². The highest BCUT2D eigenvalue weighted by atomic mass is 15.4. The van der Waals surface area contributed by atoms with Crippen molar-refractivity contribution in [2.45, 2.75) is 45.2 Å². The Balaban J connectivity index is 1.69. The first-order valence-corrected chi connectivity index (χ1v) is 7.22. The minimum absolute atomic E-state index is 0.291. The fourth-order valence-corrected chi connectivity index (χ4v) is 2.45. The van der Waals surface area contributed by atoms with E-state index in [9.17, 15) is 0 Å². The summed E-state index contributed by atoms with van der Waals surface area (Å²) < 4.78 is 2.00. The lowest BCUT2D eigenvalue weighted by molar-refractivity contribution is 0.439. The zero-order valence-corrected chi connectivity index (χ0v) is 12.2. The van der Waals surface area contributed by atoms with Gasteiger partial charge in [-0.15, -0.1) is 0 Å². The first kappa shape index (κ1) is 13.6. The van der Waals surface area contributed by atoms with Gasteiger partial charge in [0, 0.05) is 24.6 Å². The average Bonchev–Trinajstić information content (AvgIpc) is 2.91. The lowest BCUT2D eigenvalue weighted by Gasteiger charge is -2.23. The van der Waals surface area contributed by atoms with E-state index in [1.165, 1.54) is 0 Å². The number of hydrogen-bond acceptors (Lipinski definition) is 5. The second-order valence-corrected chi connectivity index (χ2v) is 5.65. The summed E-state index contributed by atoms with van der Waals surface area (Å²) in [5.41, 5.74) is 0.573. The van der Waals surface area contributed by atoms with E-state index in [1.807, 2.05) is 10.7 Å². The molecular formula is C15H18N6. The van der Waals surface area contributed by atoms with Crippen LogP contribution in [-0.4, -0.2) is 25.8 Å². The number of nitrogens with zero attached hydrogens (tertiary/aromatic N) is 5. The Labute approximate surface area is 123 Å². The van der Waals surface area contributed by atoms with E-state index in [0.29, 0.717) is 17.5 Å². The number of fused-ring (bicyclic) bond motifs is 1. The van der Waals surface area contributed by atoms with Crippen LogP contribution in [0, 0.1) is 11.3 Å². The van der Waals surface area contributed by atoms with Crippen LogP contribution in [0.4, 0.5) is 5.82 Å². The van der Waals surface area contributed by atoms with Gasteiger partial charge in [-0.3, -0.25) is 0 Å². The SMILES string of the molecule is CC(C)c1nc2n(n1)C[C@@H](Nc1ccc(C#N)cn1)CC2. The molecule has 1 aliphatic heterocycles. The summed E-state index contributed by atoms with van der Waals surface area (Å²) in [6.07, 6.45) is 3.52. The first-order chi connectivity index (χ1) is 10.2. The summed E-state index contributed by atoms with van der Waals surface area (Å²) in [4.78, 5) is 8.84. The van der Waals surface area contributed by atoms with Crippen LogP contribution in [0.1, 0.15) is 43.4 Å². The van der Waals surface area contributed by atoms with Crippen molar-refractivity contribution in [1.82, 2.24) is 19.7 Å².